The molecule has 0 saturated carbocycles. The van der Waals surface area contributed by atoms with Crippen molar-refractivity contribution in [3.05, 3.63) is 69.0 Å². The third kappa shape index (κ3) is 4.54. The van der Waals surface area contributed by atoms with E-state index in [1.807, 2.05) is 0 Å². The van der Waals surface area contributed by atoms with Crippen molar-refractivity contribution in [1.29, 1.82) is 0 Å². The monoisotopic (exact) mass is 439 g/mol. The number of rotatable bonds is 4. The average molecular weight is 440 g/mol. The predicted molar refractivity (Wildman–Crippen MR) is 104 cm³/mol. The van der Waals surface area contributed by atoms with Gasteiger partial charge in [0.2, 0.25) is 5.43 Å². The van der Waals surface area contributed by atoms with Crippen molar-refractivity contribution in [2.75, 3.05) is 12.4 Å². The number of carbonyl (C=O) groups excluding carboxylic acids is 2. The zero-order valence-corrected chi connectivity index (χ0v) is 15.9. The topological polar surface area (TPSA) is 100 Å². The van der Waals surface area contributed by atoms with E-state index >= 15 is 0 Å². The summed E-state index contributed by atoms with van der Waals surface area (Å²) in [5.41, 5.74) is -0.492. The van der Waals surface area contributed by atoms with Gasteiger partial charge in [0.15, 0.2) is 0 Å². The number of hydrogen-bond donors (Lipinski definition) is 3. The summed E-state index contributed by atoms with van der Waals surface area (Å²) in [6, 6.07) is 7.31. The summed E-state index contributed by atoms with van der Waals surface area (Å²) in [7, 11) is 1.44. The van der Waals surface area contributed by atoms with Gasteiger partial charge in [0, 0.05) is 29.8 Å². The maximum absolute atomic E-state index is 12.6. The van der Waals surface area contributed by atoms with Crippen molar-refractivity contribution in [1.82, 2.24) is 10.3 Å². The van der Waals surface area contributed by atoms with Gasteiger partial charge in [0.05, 0.1) is 10.6 Å². The minimum Gasteiger partial charge on any atom is -0.406 e. The first kappa shape index (κ1) is 21.2. The van der Waals surface area contributed by atoms with E-state index in [4.69, 9.17) is 11.6 Å². The molecule has 0 unspecified atom stereocenters. The Hall–Kier alpha value is -3.53. The van der Waals surface area contributed by atoms with Crippen LogP contribution < -0.4 is 20.8 Å². The predicted octanol–water partition coefficient (Wildman–Crippen LogP) is 3.69. The number of pyridine rings is 1. The Balaban J connectivity index is 1.91. The van der Waals surface area contributed by atoms with Gasteiger partial charge in [0.25, 0.3) is 11.8 Å². The zero-order chi connectivity index (χ0) is 22.1. The third-order valence-electron chi connectivity index (χ3n) is 4.03. The number of ether oxygens (including phenoxy) is 1. The Morgan fingerprint density at radius 1 is 1.07 bits per heavy atom. The van der Waals surface area contributed by atoms with Gasteiger partial charge >= 0.3 is 6.36 Å². The van der Waals surface area contributed by atoms with Crippen LogP contribution in [-0.2, 0) is 0 Å². The number of H-pyrrole nitrogens is 1. The molecule has 0 aliphatic heterocycles. The van der Waals surface area contributed by atoms with E-state index in [9.17, 15) is 27.6 Å². The molecule has 0 bridgehead atoms. The molecule has 0 fully saturated rings. The summed E-state index contributed by atoms with van der Waals surface area (Å²) in [5.74, 6) is -1.82. The number of hydrogen-bond acceptors (Lipinski definition) is 4. The molecule has 11 heteroatoms. The van der Waals surface area contributed by atoms with Crippen LogP contribution in [0.25, 0.3) is 10.9 Å². The highest BCUT2D eigenvalue weighted by Crippen LogP contribution is 2.25. The second-order valence-corrected chi connectivity index (χ2v) is 6.42. The molecule has 156 valence electrons. The lowest BCUT2D eigenvalue weighted by atomic mass is 10.1. The molecule has 0 aliphatic carbocycles. The van der Waals surface area contributed by atoms with E-state index in [0.717, 1.165) is 18.3 Å². The minimum absolute atomic E-state index is 0.0773. The maximum atomic E-state index is 12.6. The fourth-order valence-corrected chi connectivity index (χ4v) is 2.94. The first-order valence-electron chi connectivity index (χ1n) is 8.33. The van der Waals surface area contributed by atoms with Gasteiger partial charge in [-0.05, 0) is 36.4 Å². The molecule has 2 amide bonds. The zero-order valence-electron chi connectivity index (χ0n) is 15.2. The Bertz CT molecular complexity index is 1210. The van der Waals surface area contributed by atoms with Crippen LogP contribution in [0, 0.1) is 0 Å². The third-order valence-corrected chi connectivity index (χ3v) is 4.34. The molecule has 7 nitrogen and oxygen atoms in total. The molecule has 0 aliphatic rings. The smallest absolute Gasteiger partial charge is 0.406 e. The van der Waals surface area contributed by atoms with Crippen molar-refractivity contribution >= 4 is 40.0 Å². The molecule has 3 rings (SSSR count). The summed E-state index contributed by atoms with van der Waals surface area (Å²) >= 11 is 6.03. The number of amides is 2. The van der Waals surface area contributed by atoms with E-state index in [0.29, 0.717) is 0 Å². The average Bonchev–Trinajstić information content (AvgIpc) is 2.67. The number of aromatic amines is 1. The molecule has 3 N–H and O–H groups in total. The first-order valence-corrected chi connectivity index (χ1v) is 8.71. The van der Waals surface area contributed by atoms with Gasteiger partial charge < -0.3 is 20.4 Å². The van der Waals surface area contributed by atoms with E-state index in [-0.39, 0.29) is 32.7 Å². The number of halogens is 4. The summed E-state index contributed by atoms with van der Waals surface area (Å²) in [4.78, 5) is 39.5. The quantitative estimate of drug-likeness (QED) is 0.577. The summed E-state index contributed by atoms with van der Waals surface area (Å²) < 4.78 is 41.1. The molecule has 3 aromatic rings. The van der Waals surface area contributed by atoms with Gasteiger partial charge in [-0.1, -0.05) is 11.6 Å². The van der Waals surface area contributed by atoms with E-state index < -0.39 is 29.4 Å². The second-order valence-electron chi connectivity index (χ2n) is 6.01. The second kappa shape index (κ2) is 8.07. The van der Waals surface area contributed by atoms with Crippen LogP contribution in [0.1, 0.15) is 20.7 Å². The molecular weight excluding hydrogens is 427 g/mol. The maximum Gasteiger partial charge on any atom is 0.573 e. The van der Waals surface area contributed by atoms with Gasteiger partial charge in [-0.15, -0.1) is 13.2 Å². The Labute approximate surface area is 171 Å². The molecule has 1 aromatic heterocycles. The number of nitrogens with one attached hydrogen (secondary N) is 3. The largest absolute Gasteiger partial charge is 0.573 e. The lowest BCUT2D eigenvalue weighted by molar-refractivity contribution is -0.274. The highest BCUT2D eigenvalue weighted by Gasteiger charge is 2.31. The Morgan fingerprint density at radius 3 is 2.43 bits per heavy atom. The normalized spacial score (nSPS) is 11.2. The molecule has 0 saturated heterocycles. The fraction of sp³-hybridized carbons (Fsp3) is 0.105. The number of benzene rings is 2. The van der Waals surface area contributed by atoms with E-state index in [1.54, 1.807) is 0 Å². The van der Waals surface area contributed by atoms with Crippen LogP contribution in [0.5, 0.6) is 5.75 Å². The molecule has 30 heavy (non-hydrogen) atoms. The lowest BCUT2D eigenvalue weighted by Crippen LogP contribution is -2.22. The molecule has 1 heterocycles. The van der Waals surface area contributed by atoms with Crippen molar-refractivity contribution in [2.45, 2.75) is 6.36 Å². The summed E-state index contributed by atoms with van der Waals surface area (Å²) in [6.45, 7) is 0. The summed E-state index contributed by atoms with van der Waals surface area (Å²) in [5, 5.41) is 4.79. The van der Waals surface area contributed by atoms with Crippen molar-refractivity contribution < 1.29 is 27.5 Å². The van der Waals surface area contributed by atoms with Gasteiger partial charge in [-0.25, -0.2) is 0 Å². The molecule has 0 atom stereocenters. The first-order chi connectivity index (χ1) is 14.1. The van der Waals surface area contributed by atoms with Gasteiger partial charge in [-0.2, -0.15) is 0 Å². The standard InChI is InChI=1S/C19H13ClF3N3O4/c1-24-17(28)11-4-2-9(6-14(11)20)26-18(29)13-8-25-15-5-3-10(30-19(21,22)23)7-12(15)16(13)27/h2-8H,1H3,(H,24,28)(H,25,27)(H,26,29). The lowest BCUT2D eigenvalue weighted by Gasteiger charge is -2.10. The van der Waals surface area contributed by atoms with Crippen LogP contribution in [0.3, 0.4) is 0 Å². The molecule has 0 spiro atoms. The fourth-order valence-electron chi connectivity index (χ4n) is 2.67. The number of fused-ring (bicyclic) bond motifs is 1. The van der Waals surface area contributed by atoms with Crippen LogP contribution in [0.4, 0.5) is 18.9 Å². The highest BCUT2D eigenvalue weighted by atomic mass is 35.5. The molecule has 0 radical (unpaired) electrons. The van der Waals surface area contributed by atoms with E-state index in [2.05, 4.69) is 20.4 Å². The van der Waals surface area contributed by atoms with Gasteiger partial charge in [0.1, 0.15) is 11.3 Å². The van der Waals surface area contributed by atoms with E-state index in [1.165, 1.54) is 31.3 Å². The van der Waals surface area contributed by atoms with Crippen LogP contribution in [0.2, 0.25) is 5.02 Å². The van der Waals surface area contributed by atoms with Crippen molar-refractivity contribution in [3.8, 4) is 5.75 Å². The number of alkyl halides is 3. The van der Waals surface area contributed by atoms with Crippen molar-refractivity contribution in [3.63, 3.8) is 0 Å². The number of anilines is 1. The Kier molecular flexibility index (Phi) is 5.70. The Morgan fingerprint density at radius 2 is 1.80 bits per heavy atom. The number of aromatic nitrogens is 1. The highest BCUT2D eigenvalue weighted by molar-refractivity contribution is 6.34. The SMILES string of the molecule is CNC(=O)c1ccc(NC(=O)c2c[nH]c3ccc(OC(F)(F)F)cc3c2=O)cc1Cl. The van der Waals surface area contributed by atoms with Crippen LogP contribution in [-0.4, -0.2) is 30.2 Å². The van der Waals surface area contributed by atoms with Crippen molar-refractivity contribution in [2.24, 2.45) is 0 Å². The van der Waals surface area contributed by atoms with Gasteiger partial charge in [-0.3, -0.25) is 14.4 Å². The molecular formula is C19H13ClF3N3O4. The molecule has 2 aromatic carbocycles. The minimum atomic E-state index is -4.92. The van der Waals surface area contributed by atoms with Crippen LogP contribution in [0.15, 0.2) is 47.4 Å². The summed E-state index contributed by atoms with van der Waals surface area (Å²) in [6.07, 6.45) is -3.78. The van der Waals surface area contributed by atoms with Crippen LogP contribution >= 0.6 is 11.6 Å². The number of carbonyl (C=O) groups is 2.